The fraction of sp³-hybridized carbons (Fsp3) is 0.917. The van der Waals surface area contributed by atoms with Gasteiger partial charge >= 0.3 is 0 Å². The van der Waals surface area contributed by atoms with E-state index in [-0.39, 0.29) is 0 Å². The van der Waals surface area contributed by atoms with Crippen molar-refractivity contribution in [2.45, 2.75) is 142 Å². The Hall–Kier alpha value is -0.0831. The Morgan fingerprint density at radius 2 is 1.23 bits per heavy atom. The van der Waals surface area contributed by atoms with Gasteiger partial charge in [-0.05, 0) is 31.0 Å². The summed E-state index contributed by atoms with van der Waals surface area (Å²) in [5.41, 5.74) is 0. The minimum atomic E-state index is -1.66. The van der Waals surface area contributed by atoms with Crippen LogP contribution in [0.25, 0.3) is 0 Å². The van der Waals surface area contributed by atoms with Crippen LogP contribution < -0.4 is 0 Å². The summed E-state index contributed by atoms with van der Waals surface area (Å²) in [6.07, 6.45) is 21.6. The van der Waals surface area contributed by atoms with Crippen molar-refractivity contribution in [3.8, 4) is 0 Å². The SMILES string of the molecule is C=CC[C@H](CCCCCCCCCCCCCC)O[Si](C)(C)C(C)(C)C. The first-order chi connectivity index (χ1) is 12.2. The topological polar surface area (TPSA) is 9.23 Å². The van der Waals surface area contributed by atoms with E-state index in [4.69, 9.17) is 4.43 Å². The zero-order chi connectivity index (χ0) is 19.9. The number of rotatable bonds is 17. The Kier molecular flexibility index (Phi) is 14.9. The first-order valence-corrected chi connectivity index (χ1v) is 14.4. The second-order valence-electron chi connectivity index (χ2n) is 9.70. The number of hydrogen-bond acceptors (Lipinski definition) is 1. The lowest BCUT2D eigenvalue weighted by Gasteiger charge is -2.39. The van der Waals surface area contributed by atoms with E-state index in [0.717, 1.165) is 6.42 Å². The van der Waals surface area contributed by atoms with Crippen LogP contribution in [0.2, 0.25) is 18.1 Å². The van der Waals surface area contributed by atoms with E-state index in [1.54, 1.807) is 0 Å². The van der Waals surface area contributed by atoms with Gasteiger partial charge in [0.25, 0.3) is 0 Å². The van der Waals surface area contributed by atoms with Crippen molar-refractivity contribution in [3.63, 3.8) is 0 Å². The summed E-state index contributed by atoms with van der Waals surface area (Å²) < 4.78 is 6.61. The summed E-state index contributed by atoms with van der Waals surface area (Å²) in [7, 11) is -1.66. The van der Waals surface area contributed by atoms with E-state index >= 15 is 0 Å². The van der Waals surface area contributed by atoms with Crippen LogP contribution in [0.1, 0.15) is 118 Å². The quantitative estimate of drug-likeness (QED) is 0.138. The zero-order valence-electron chi connectivity index (χ0n) is 19.2. The van der Waals surface area contributed by atoms with Crippen LogP contribution in [0.3, 0.4) is 0 Å². The molecule has 0 N–H and O–H groups in total. The maximum absolute atomic E-state index is 6.61. The molecule has 0 fully saturated rings. The van der Waals surface area contributed by atoms with Gasteiger partial charge in [0.05, 0.1) is 0 Å². The van der Waals surface area contributed by atoms with Gasteiger partial charge in [-0.2, -0.15) is 0 Å². The lowest BCUT2D eigenvalue weighted by atomic mass is 10.0. The predicted octanol–water partition coefficient (Wildman–Crippen LogP) is 9.04. The molecule has 0 aliphatic heterocycles. The van der Waals surface area contributed by atoms with Gasteiger partial charge < -0.3 is 4.43 Å². The second-order valence-corrected chi connectivity index (χ2v) is 14.5. The summed E-state index contributed by atoms with van der Waals surface area (Å²) in [5, 5.41) is 0.295. The lowest BCUT2D eigenvalue weighted by Crippen LogP contribution is -2.43. The highest BCUT2D eigenvalue weighted by atomic mass is 28.4. The van der Waals surface area contributed by atoms with Gasteiger partial charge in [-0.15, -0.1) is 6.58 Å². The van der Waals surface area contributed by atoms with Crippen molar-refractivity contribution in [1.82, 2.24) is 0 Å². The molecule has 156 valence electrons. The summed E-state index contributed by atoms with van der Waals surface area (Å²) >= 11 is 0. The van der Waals surface area contributed by atoms with E-state index in [0.29, 0.717) is 11.1 Å². The van der Waals surface area contributed by atoms with E-state index in [1.807, 2.05) is 6.08 Å². The molecule has 0 radical (unpaired) electrons. The van der Waals surface area contributed by atoms with E-state index in [1.165, 1.54) is 83.5 Å². The van der Waals surface area contributed by atoms with Crippen LogP contribution in [0.15, 0.2) is 12.7 Å². The molecule has 1 atom stereocenters. The molecule has 0 amide bonds. The molecular formula is C24H50OSi. The van der Waals surface area contributed by atoms with Gasteiger partial charge in [-0.25, -0.2) is 0 Å². The van der Waals surface area contributed by atoms with Gasteiger partial charge in [0.2, 0.25) is 0 Å². The third kappa shape index (κ3) is 13.1. The molecule has 0 spiro atoms. The Bertz CT molecular complexity index is 330. The van der Waals surface area contributed by atoms with Crippen LogP contribution in [0.4, 0.5) is 0 Å². The zero-order valence-corrected chi connectivity index (χ0v) is 20.2. The van der Waals surface area contributed by atoms with Gasteiger partial charge in [-0.3, -0.25) is 0 Å². The predicted molar refractivity (Wildman–Crippen MR) is 123 cm³/mol. The molecule has 0 aliphatic rings. The van der Waals surface area contributed by atoms with Crippen LogP contribution in [0.5, 0.6) is 0 Å². The molecule has 0 rings (SSSR count). The fourth-order valence-electron chi connectivity index (χ4n) is 3.22. The molecule has 0 saturated carbocycles. The monoisotopic (exact) mass is 382 g/mol. The molecule has 0 aliphatic carbocycles. The third-order valence-electron chi connectivity index (χ3n) is 6.08. The summed E-state index contributed by atoms with van der Waals surface area (Å²) in [5.74, 6) is 0. The normalized spacial score (nSPS) is 13.8. The van der Waals surface area contributed by atoms with Crippen LogP contribution >= 0.6 is 0 Å². The van der Waals surface area contributed by atoms with Crippen LogP contribution in [-0.4, -0.2) is 14.4 Å². The van der Waals surface area contributed by atoms with Crippen molar-refractivity contribution >= 4 is 8.32 Å². The minimum Gasteiger partial charge on any atom is -0.414 e. The lowest BCUT2D eigenvalue weighted by molar-refractivity contribution is 0.170. The second kappa shape index (κ2) is 14.9. The maximum Gasteiger partial charge on any atom is 0.192 e. The average molecular weight is 383 g/mol. The molecule has 0 unspecified atom stereocenters. The average Bonchev–Trinajstić information content (AvgIpc) is 2.54. The molecular weight excluding hydrogens is 332 g/mol. The van der Waals surface area contributed by atoms with E-state index < -0.39 is 8.32 Å². The number of unbranched alkanes of at least 4 members (excludes halogenated alkanes) is 11. The fourth-order valence-corrected chi connectivity index (χ4v) is 4.62. The molecule has 2 heteroatoms. The standard InChI is InChI=1S/C24H50OSi/c1-8-10-11-12-13-14-15-16-17-18-19-20-22-23(21-9-2)25-26(6,7)24(3,4)5/h9,23H,2,8,10-22H2,1,3-7H3/t23-/m1/s1. The van der Waals surface area contributed by atoms with Crippen LogP contribution in [0, 0.1) is 0 Å². The summed E-state index contributed by atoms with van der Waals surface area (Å²) in [6.45, 7) is 17.9. The van der Waals surface area contributed by atoms with Gasteiger partial charge in [-0.1, -0.05) is 111 Å². The van der Waals surface area contributed by atoms with Crippen molar-refractivity contribution in [2.24, 2.45) is 0 Å². The Morgan fingerprint density at radius 1 is 0.808 bits per heavy atom. The largest absolute Gasteiger partial charge is 0.414 e. The summed E-state index contributed by atoms with van der Waals surface area (Å²) in [4.78, 5) is 0. The van der Waals surface area contributed by atoms with Gasteiger partial charge in [0.1, 0.15) is 0 Å². The molecule has 0 heterocycles. The molecule has 0 aromatic carbocycles. The highest BCUT2D eigenvalue weighted by Gasteiger charge is 2.38. The smallest absolute Gasteiger partial charge is 0.192 e. The van der Waals surface area contributed by atoms with E-state index in [9.17, 15) is 0 Å². The first-order valence-electron chi connectivity index (χ1n) is 11.5. The molecule has 26 heavy (non-hydrogen) atoms. The van der Waals surface area contributed by atoms with Crippen molar-refractivity contribution < 1.29 is 4.43 Å². The highest BCUT2D eigenvalue weighted by Crippen LogP contribution is 2.38. The van der Waals surface area contributed by atoms with Crippen LogP contribution in [-0.2, 0) is 4.43 Å². The van der Waals surface area contributed by atoms with Crippen molar-refractivity contribution in [2.75, 3.05) is 0 Å². The summed E-state index contributed by atoms with van der Waals surface area (Å²) in [6, 6.07) is 0. The Labute approximate surface area is 167 Å². The molecule has 0 bridgehead atoms. The highest BCUT2D eigenvalue weighted by molar-refractivity contribution is 6.74. The minimum absolute atomic E-state index is 0.295. The van der Waals surface area contributed by atoms with E-state index in [2.05, 4.69) is 47.4 Å². The molecule has 0 saturated heterocycles. The number of hydrogen-bond donors (Lipinski definition) is 0. The van der Waals surface area contributed by atoms with Gasteiger partial charge in [0.15, 0.2) is 8.32 Å². The first kappa shape index (κ1) is 25.9. The molecule has 0 aromatic rings. The van der Waals surface area contributed by atoms with Crippen molar-refractivity contribution in [1.29, 1.82) is 0 Å². The third-order valence-corrected chi connectivity index (χ3v) is 10.6. The Morgan fingerprint density at radius 3 is 1.62 bits per heavy atom. The van der Waals surface area contributed by atoms with Gasteiger partial charge in [0, 0.05) is 6.10 Å². The van der Waals surface area contributed by atoms with Crippen molar-refractivity contribution in [3.05, 3.63) is 12.7 Å². The maximum atomic E-state index is 6.61. The molecule has 1 nitrogen and oxygen atoms in total. The molecule has 0 aromatic heterocycles. The Balaban J connectivity index is 3.74.